The van der Waals surface area contributed by atoms with Crippen LogP contribution in [0.5, 0.6) is 0 Å². The maximum absolute atomic E-state index is 13.2. The number of hydrogen-bond acceptors (Lipinski definition) is 5. The van der Waals surface area contributed by atoms with Crippen molar-refractivity contribution in [1.82, 2.24) is 15.0 Å². The zero-order valence-electron chi connectivity index (χ0n) is 18.9. The molecule has 3 rings (SSSR count). The minimum atomic E-state index is -0.112. The highest BCUT2D eigenvalue weighted by Crippen LogP contribution is 2.21. The van der Waals surface area contributed by atoms with Crippen molar-refractivity contribution in [3.05, 3.63) is 42.2 Å². The van der Waals surface area contributed by atoms with E-state index in [9.17, 15) is 4.79 Å². The summed E-state index contributed by atoms with van der Waals surface area (Å²) in [5.41, 5.74) is 1.90. The van der Waals surface area contributed by atoms with E-state index in [1.807, 2.05) is 48.3 Å². The molecule has 0 aliphatic carbocycles. The molecule has 30 heavy (non-hydrogen) atoms. The summed E-state index contributed by atoms with van der Waals surface area (Å²) in [6, 6.07) is 11.9. The van der Waals surface area contributed by atoms with Gasteiger partial charge in [0.2, 0.25) is 5.91 Å². The first-order valence-corrected chi connectivity index (χ1v) is 11.0. The molecule has 0 radical (unpaired) electrons. The van der Waals surface area contributed by atoms with Crippen LogP contribution >= 0.6 is 0 Å². The molecule has 1 aliphatic heterocycles. The maximum Gasteiger partial charge on any atom is 0.239 e. The Morgan fingerprint density at radius 1 is 1.20 bits per heavy atom. The van der Waals surface area contributed by atoms with Crippen LogP contribution in [0.2, 0.25) is 0 Å². The largest absolute Gasteiger partial charge is 0.373 e. The Morgan fingerprint density at radius 2 is 1.87 bits per heavy atom. The maximum atomic E-state index is 13.2. The quantitative estimate of drug-likeness (QED) is 0.658. The number of carbonyl (C=O) groups excluding carboxylic acids is 1. The topological polar surface area (TPSA) is 58.8 Å². The molecule has 1 saturated heterocycles. The molecule has 0 saturated carbocycles. The Labute approximate surface area is 180 Å². The molecule has 1 aromatic carbocycles. The molecule has 0 spiro atoms. The number of aryl methyl sites for hydroxylation is 1. The van der Waals surface area contributed by atoms with Gasteiger partial charge in [-0.2, -0.15) is 0 Å². The van der Waals surface area contributed by atoms with Crippen LogP contribution in [0, 0.1) is 5.92 Å². The van der Waals surface area contributed by atoms with Gasteiger partial charge in [-0.15, -0.1) is 0 Å². The molecule has 3 atom stereocenters. The average molecular weight is 414 g/mol. The fraction of sp³-hybridized carbons (Fsp3) is 0.583. The van der Waals surface area contributed by atoms with E-state index in [2.05, 4.69) is 37.8 Å². The molecule has 1 fully saturated rings. The third-order valence-corrected chi connectivity index (χ3v) is 5.65. The fourth-order valence-corrected chi connectivity index (χ4v) is 4.31. The van der Waals surface area contributed by atoms with Crippen molar-refractivity contribution in [3.8, 4) is 11.3 Å². The van der Waals surface area contributed by atoms with Crippen molar-refractivity contribution < 1.29 is 14.1 Å². The number of hydrogen-bond donors (Lipinski definition) is 0. The van der Waals surface area contributed by atoms with Gasteiger partial charge >= 0.3 is 0 Å². The Bertz CT molecular complexity index is 795. The third-order valence-electron chi connectivity index (χ3n) is 5.65. The molecule has 3 unspecified atom stereocenters. The van der Waals surface area contributed by atoms with Crippen LogP contribution in [0.1, 0.15) is 39.9 Å². The monoisotopic (exact) mass is 413 g/mol. The van der Waals surface area contributed by atoms with Gasteiger partial charge < -0.3 is 14.2 Å². The van der Waals surface area contributed by atoms with Gasteiger partial charge in [-0.1, -0.05) is 49.3 Å². The summed E-state index contributed by atoms with van der Waals surface area (Å²) in [6.07, 6.45) is 1.90. The smallest absolute Gasteiger partial charge is 0.239 e. The second-order valence-electron chi connectivity index (χ2n) is 8.81. The van der Waals surface area contributed by atoms with Crippen molar-refractivity contribution in [1.29, 1.82) is 0 Å². The Kier molecular flexibility index (Phi) is 7.67. The second-order valence-corrected chi connectivity index (χ2v) is 8.81. The highest BCUT2D eigenvalue weighted by atomic mass is 16.5. The van der Waals surface area contributed by atoms with Gasteiger partial charge in [-0.05, 0) is 26.2 Å². The predicted octanol–water partition coefficient (Wildman–Crippen LogP) is 3.87. The van der Waals surface area contributed by atoms with Crippen LogP contribution in [0.25, 0.3) is 11.3 Å². The molecule has 1 aliphatic rings. The van der Waals surface area contributed by atoms with Crippen molar-refractivity contribution in [2.45, 2.75) is 58.8 Å². The van der Waals surface area contributed by atoms with Gasteiger partial charge in [0.25, 0.3) is 0 Å². The average Bonchev–Trinajstić information content (AvgIpc) is 3.16. The summed E-state index contributed by atoms with van der Waals surface area (Å²) in [6.45, 7) is 10.7. The number of morpholine rings is 1. The van der Waals surface area contributed by atoms with Crippen LogP contribution < -0.4 is 0 Å². The summed E-state index contributed by atoms with van der Waals surface area (Å²) in [5.74, 6) is 1.29. The van der Waals surface area contributed by atoms with E-state index in [0.717, 1.165) is 42.9 Å². The molecule has 1 aromatic heterocycles. The van der Waals surface area contributed by atoms with E-state index in [1.54, 1.807) is 0 Å². The molecule has 164 valence electrons. The highest BCUT2D eigenvalue weighted by molar-refractivity contribution is 5.82. The van der Waals surface area contributed by atoms with Gasteiger partial charge in [-0.25, -0.2) is 0 Å². The lowest BCUT2D eigenvalue weighted by Crippen LogP contribution is -2.57. The molecule has 0 N–H and O–H groups in total. The zero-order chi connectivity index (χ0) is 21.7. The van der Waals surface area contributed by atoms with Crippen molar-refractivity contribution in [2.75, 3.05) is 26.7 Å². The number of likely N-dealkylation sites (N-methyl/N-ethyl adjacent to an activating group) is 1. The van der Waals surface area contributed by atoms with Crippen molar-refractivity contribution >= 4 is 5.91 Å². The van der Waals surface area contributed by atoms with Crippen LogP contribution in [-0.4, -0.2) is 65.8 Å². The number of amides is 1. The van der Waals surface area contributed by atoms with Crippen LogP contribution in [0.3, 0.4) is 0 Å². The lowest BCUT2D eigenvalue weighted by atomic mass is 9.99. The van der Waals surface area contributed by atoms with E-state index < -0.39 is 0 Å². The number of nitrogens with zero attached hydrogens (tertiary/aromatic N) is 3. The van der Waals surface area contributed by atoms with Gasteiger partial charge in [0.15, 0.2) is 0 Å². The van der Waals surface area contributed by atoms with Gasteiger partial charge in [0.1, 0.15) is 11.5 Å². The van der Waals surface area contributed by atoms with Gasteiger partial charge in [0.05, 0.1) is 18.2 Å². The molecule has 0 bridgehead atoms. The number of benzene rings is 1. The normalized spacial score (nSPS) is 21.0. The number of aromatic nitrogens is 1. The first-order valence-electron chi connectivity index (χ1n) is 11.0. The zero-order valence-corrected chi connectivity index (χ0v) is 18.9. The second kappa shape index (κ2) is 10.2. The SMILES string of the molecule is CC1CN(C(C(=O)N(C)CCCc2cc(-c3ccccc3)no2)C(C)C)CC(C)O1. The van der Waals surface area contributed by atoms with E-state index in [0.29, 0.717) is 6.54 Å². The fourth-order valence-electron chi connectivity index (χ4n) is 4.31. The predicted molar refractivity (Wildman–Crippen MR) is 118 cm³/mol. The lowest BCUT2D eigenvalue weighted by Gasteiger charge is -2.42. The van der Waals surface area contributed by atoms with Crippen LogP contribution in [0.15, 0.2) is 40.9 Å². The molecular weight excluding hydrogens is 378 g/mol. The summed E-state index contributed by atoms with van der Waals surface area (Å²) in [7, 11) is 1.90. The number of rotatable bonds is 8. The van der Waals surface area contributed by atoms with Crippen molar-refractivity contribution in [3.63, 3.8) is 0 Å². The lowest BCUT2D eigenvalue weighted by molar-refractivity contribution is -0.144. The van der Waals surface area contributed by atoms with E-state index in [1.165, 1.54) is 0 Å². The summed E-state index contributed by atoms with van der Waals surface area (Å²) in [4.78, 5) is 17.4. The molecule has 6 nitrogen and oxygen atoms in total. The molecule has 1 amide bonds. The first-order chi connectivity index (χ1) is 14.3. The van der Waals surface area contributed by atoms with E-state index in [-0.39, 0.29) is 30.1 Å². The minimum absolute atomic E-state index is 0.112. The van der Waals surface area contributed by atoms with Gasteiger partial charge in [-0.3, -0.25) is 9.69 Å². The summed E-state index contributed by atoms with van der Waals surface area (Å²) >= 11 is 0. The first kappa shape index (κ1) is 22.5. The van der Waals surface area contributed by atoms with Crippen molar-refractivity contribution in [2.24, 2.45) is 5.92 Å². The van der Waals surface area contributed by atoms with E-state index >= 15 is 0 Å². The summed E-state index contributed by atoms with van der Waals surface area (Å²) in [5, 5.41) is 4.17. The Balaban J connectivity index is 1.54. The summed E-state index contributed by atoms with van der Waals surface area (Å²) < 4.78 is 11.3. The Morgan fingerprint density at radius 3 is 2.50 bits per heavy atom. The number of carbonyl (C=O) groups is 1. The van der Waals surface area contributed by atoms with Crippen LogP contribution in [-0.2, 0) is 16.0 Å². The molecule has 2 heterocycles. The van der Waals surface area contributed by atoms with Crippen LogP contribution in [0.4, 0.5) is 0 Å². The van der Waals surface area contributed by atoms with E-state index in [4.69, 9.17) is 9.26 Å². The standard InChI is InChI=1S/C24H35N3O3/c1-17(2)23(27-15-18(3)29-19(4)16-27)24(28)26(5)13-9-12-21-14-22(25-30-21)20-10-7-6-8-11-20/h6-8,10-11,14,17-19,23H,9,12-13,15-16H2,1-5H3. The number of ether oxygens (including phenoxy) is 1. The molecule has 2 aromatic rings. The highest BCUT2D eigenvalue weighted by Gasteiger charge is 2.35. The molecule has 6 heteroatoms. The third kappa shape index (κ3) is 5.70. The van der Waals surface area contributed by atoms with Gasteiger partial charge in [0, 0.05) is 44.7 Å². The minimum Gasteiger partial charge on any atom is -0.373 e. The molecular formula is C24H35N3O3. The Hall–Kier alpha value is -2.18.